The van der Waals surface area contributed by atoms with Gasteiger partial charge in [-0.25, -0.2) is 13.8 Å². The standard InChI is InChI=1S/C14H11F2N3/c15-9-4-5-11(16)10(7-9)14-12(8-17)19-6-2-1-3-13(19)18-14/h4-5,7H,1-3,6H2. The summed E-state index contributed by atoms with van der Waals surface area (Å²) in [7, 11) is 0. The molecule has 2 heterocycles. The van der Waals surface area contributed by atoms with E-state index in [2.05, 4.69) is 11.1 Å². The Kier molecular flexibility index (Phi) is 2.79. The average Bonchev–Trinajstić information content (AvgIpc) is 2.79. The highest BCUT2D eigenvalue weighted by Gasteiger charge is 2.22. The van der Waals surface area contributed by atoms with Crippen LogP contribution in [0.2, 0.25) is 0 Å². The van der Waals surface area contributed by atoms with Crippen molar-refractivity contribution < 1.29 is 8.78 Å². The van der Waals surface area contributed by atoms with E-state index < -0.39 is 11.6 Å². The molecule has 0 saturated heterocycles. The number of hydrogen-bond donors (Lipinski definition) is 0. The highest BCUT2D eigenvalue weighted by atomic mass is 19.1. The highest BCUT2D eigenvalue weighted by molar-refractivity contribution is 5.66. The first-order chi connectivity index (χ1) is 9.20. The monoisotopic (exact) mass is 259 g/mol. The van der Waals surface area contributed by atoms with Crippen molar-refractivity contribution in [2.45, 2.75) is 25.8 Å². The third kappa shape index (κ3) is 1.89. The molecule has 0 N–H and O–H groups in total. The van der Waals surface area contributed by atoms with Crippen molar-refractivity contribution in [2.75, 3.05) is 0 Å². The van der Waals surface area contributed by atoms with Crippen LogP contribution in [0.5, 0.6) is 0 Å². The number of rotatable bonds is 1. The van der Waals surface area contributed by atoms with Crippen molar-refractivity contribution in [1.82, 2.24) is 9.55 Å². The van der Waals surface area contributed by atoms with E-state index in [9.17, 15) is 14.0 Å². The predicted octanol–water partition coefficient (Wildman–Crippen LogP) is 3.04. The largest absolute Gasteiger partial charge is 0.319 e. The van der Waals surface area contributed by atoms with Gasteiger partial charge < -0.3 is 4.57 Å². The van der Waals surface area contributed by atoms with Crippen LogP contribution in [-0.4, -0.2) is 9.55 Å². The van der Waals surface area contributed by atoms with E-state index in [1.54, 1.807) is 0 Å². The molecule has 0 bridgehead atoms. The molecule has 1 aromatic carbocycles. The van der Waals surface area contributed by atoms with E-state index in [0.717, 1.165) is 43.3 Å². The van der Waals surface area contributed by atoms with E-state index in [-0.39, 0.29) is 11.3 Å². The molecule has 3 nitrogen and oxygen atoms in total. The summed E-state index contributed by atoms with van der Waals surface area (Å²) in [5, 5.41) is 9.26. The summed E-state index contributed by atoms with van der Waals surface area (Å²) in [6.07, 6.45) is 2.75. The van der Waals surface area contributed by atoms with E-state index >= 15 is 0 Å². The Bertz CT molecular complexity index is 683. The third-order valence-electron chi connectivity index (χ3n) is 3.37. The van der Waals surface area contributed by atoms with Gasteiger partial charge in [-0.05, 0) is 31.0 Å². The molecule has 19 heavy (non-hydrogen) atoms. The van der Waals surface area contributed by atoms with Gasteiger partial charge in [0, 0.05) is 18.5 Å². The molecule has 0 unspecified atom stereocenters. The third-order valence-corrected chi connectivity index (χ3v) is 3.37. The number of imidazole rings is 1. The lowest BCUT2D eigenvalue weighted by Gasteiger charge is -2.13. The summed E-state index contributed by atoms with van der Waals surface area (Å²) in [5.74, 6) is -0.318. The Balaban J connectivity index is 2.23. The zero-order chi connectivity index (χ0) is 13.4. The smallest absolute Gasteiger partial charge is 0.148 e. The van der Waals surface area contributed by atoms with Crippen molar-refractivity contribution >= 4 is 0 Å². The highest BCUT2D eigenvalue weighted by Crippen LogP contribution is 2.29. The first kappa shape index (κ1) is 11.8. The van der Waals surface area contributed by atoms with Crippen LogP contribution in [0.3, 0.4) is 0 Å². The SMILES string of the molecule is N#Cc1c(-c2cc(F)ccc2F)nc2n1CCCC2. The molecule has 5 heteroatoms. The second-order valence-electron chi connectivity index (χ2n) is 4.57. The lowest BCUT2D eigenvalue weighted by atomic mass is 10.1. The minimum absolute atomic E-state index is 0.0541. The van der Waals surface area contributed by atoms with Gasteiger partial charge in [0.05, 0.1) is 0 Å². The van der Waals surface area contributed by atoms with Crippen molar-refractivity contribution in [3.05, 3.63) is 41.4 Å². The van der Waals surface area contributed by atoms with Gasteiger partial charge in [0.15, 0.2) is 0 Å². The number of nitriles is 1. The number of aryl methyl sites for hydroxylation is 1. The van der Waals surface area contributed by atoms with Gasteiger partial charge in [0.2, 0.25) is 0 Å². The van der Waals surface area contributed by atoms with E-state index in [1.807, 2.05) is 4.57 Å². The first-order valence-corrected chi connectivity index (χ1v) is 6.15. The van der Waals surface area contributed by atoms with Crippen molar-refractivity contribution in [3.63, 3.8) is 0 Å². The number of fused-ring (bicyclic) bond motifs is 1. The van der Waals surface area contributed by atoms with Gasteiger partial charge >= 0.3 is 0 Å². The Morgan fingerprint density at radius 3 is 2.89 bits per heavy atom. The molecule has 3 rings (SSSR count). The molecule has 0 amide bonds. The molecular weight excluding hydrogens is 248 g/mol. The van der Waals surface area contributed by atoms with Crippen LogP contribution in [0, 0.1) is 23.0 Å². The van der Waals surface area contributed by atoms with Gasteiger partial charge in [-0.2, -0.15) is 5.26 Å². The molecule has 0 saturated carbocycles. The van der Waals surface area contributed by atoms with Crippen LogP contribution in [0.4, 0.5) is 8.78 Å². The predicted molar refractivity (Wildman–Crippen MR) is 65.2 cm³/mol. The second-order valence-corrected chi connectivity index (χ2v) is 4.57. The summed E-state index contributed by atoms with van der Waals surface area (Å²) in [4.78, 5) is 4.33. The molecule has 0 radical (unpaired) electrons. The molecule has 0 atom stereocenters. The Labute approximate surface area is 109 Å². The Hall–Kier alpha value is -2.22. The lowest BCUT2D eigenvalue weighted by Crippen LogP contribution is -2.11. The molecule has 0 fully saturated rings. The quantitative estimate of drug-likeness (QED) is 0.789. The van der Waals surface area contributed by atoms with E-state index in [0.29, 0.717) is 12.2 Å². The number of benzene rings is 1. The average molecular weight is 259 g/mol. The molecule has 1 aliphatic rings. The minimum atomic E-state index is -0.562. The first-order valence-electron chi connectivity index (χ1n) is 6.15. The van der Waals surface area contributed by atoms with Gasteiger partial charge in [0.25, 0.3) is 0 Å². The van der Waals surface area contributed by atoms with Crippen LogP contribution >= 0.6 is 0 Å². The molecule has 1 aromatic heterocycles. The van der Waals surface area contributed by atoms with Gasteiger partial charge in [-0.1, -0.05) is 0 Å². The van der Waals surface area contributed by atoms with E-state index in [4.69, 9.17) is 0 Å². The molecule has 96 valence electrons. The zero-order valence-electron chi connectivity index (χ0n) is 10.2. The molecule has 0 aliphatic carbocycles. The minimum Gasteiger partial charge on any atom is -0.319 e. The van der Waals surface area contributed by atoms with Crippen LogP contribution < -0.4 is 0 Å². The van der Waals surface area contributed by atoms with E-state index in [1.165, 1.54) is 0 Å². The molecule has 2 aromatic rings. The molecular formula is C14H11F2N3. The van der Waals surface area contributed by atoms with Crippen molar-refractivity contribution in [1.29, 1.82) is 5.26 Å². The fraction of sp³-hybridized carbons (Fsp3) is 0.286. The van der Waals surface area contributed by atoms with Gasteiger partial charge in [-0.15, -0.1) is 0 Å². The molecule has 1 aliphatic heterocycles. The summed E-state index contributed by atoms with van der Waals surface area (Å²) in [6.45, 7) is 0.710. The summed E-state index contributed by atoms with van der Waals surface area (Å²) in [5.41, 5.74) is 0.619. The van der Waals surface area contributed by atoms with Gasteiger partial charge in [0.1, 0.15) is 34.9 Å². The summed E-state index contributed by atoms with van der Waals surface area (Å²) < 4.78 is 28.9. The maximum Gasteiger partial charge on any atom is 0.148 e. The second kappa shape index (κ2) is 4.47. The number of hydrogen-bond acceptors (Lipinski definition) is 2. The normalized spacial score (nSPS) is 13.9. The summed E-state index contributed by atoms with van der Waals surface area (Å²) in [6, 6.07) is 5.26. The lowest BCUT2D eigenvalue weighted by molar-refractivity contribution is 0.519. The van der Waals surface area contributed by atoms with Crippen LogP contribution in [0.25, 0.3) is 11.3 Å². The number of aromatic nitrogens is 2. The number of nitrogens with zero attached hydrogens (tertiary/aromatic N) is 3. The van der Waals surface area contributed by atoms with Crippen LogP contribution in [0.1, 0.15) is 24.4 Å². The topological polar surface area (TPSA) is 41.6 Å². The Morgan fingerprint density at radius 1 is 1.26 bits per heavy atom. The maximum absolute atomic E-state index is 13.8. The van der Waals surface area contributed by atoms with Crippen LogP contribution in [-0.2, 0) is 13.0 Å². The van der Waals surface area contributed by atoms with Crippen molar-refractivity contribution in [2.24, 2.45) is 0 Å². The maximum atomic E-state index is 13.8. The molecule has 0 spiro atoms. The van der Waals surface area contributed by atoms with Crippen LogP contribution in [0.15, 0.2) is 18.2 Å². The zero-order valence-corrected chi connectivity index (χ0v) is 10.2. The Morgan fingerprint density at radius 2 is 2.11 bits per heavy atom. The number of halogens is 2. The van der Waals surface area contributed by atoms with Crippen molar-refractivity contribution in [3.8, 4) is 17.3 Å². The van der Waals surface area contributed by atoms with Gasteiger partial charge in [-0.3, -0.25) is 0 Å². The summed E-state index contributed by atoms with van der Waals surface area (Å²) >= 11 is 0. The fourth-order valence-corrected chi connectivity index (χ4v) is 2.46. The fourth-order valence-electron chi connectivity index (χ4n) is 2.46.